The summed E-state index contributed by atoms with van der Waals surface area (Å²) < 4.78 is 2.04. The van der Waals surface area contributed by atoms with Crippen LogP contribution in [0.4, 0.5) is 0 Å². The molecule has 4 heterocycles. The summed E-state index contributed by atoms with van der Waals surface area (Å²) in [6.07, 6.45) is 2.71. The first-order valence-corrected chi connectivity index (χ1v) is 9.35. The minimum Gasteiger partial charge on any atom is -0.390 e. The maximum absolute atomic E-state index is 9.22. The van der Waals surface area contributed by atoms with Gasteiger partial charge in [-0.1, -0.05) is 0 Å². The van der Waals surface area contributed by atoms with E-state index < -0.39 is 0 Å². The highest BCUT2D eigenvalue weighted by atomic mass is 32.1. The highest BCUT2D eigenvalue weighted by molar-refractivity contribution is 7.10. The van der Waals surface area contributed by atoms with Crippen LogP contribution >= 0.6 is 11.3 Å². The van der Waals surface area contributed by atoms with Gasteiger partial charge in [0.05, 0.1) is 24.5 Å². The zero-order valence-electron chi connectivity index (χ0n) is 13.4. The number of thiophene rings is 1. The summed E-state index contributed by atoms with van der Waals surface area (Å²) in [4.78, 5) is 6.49. The van der Waals surface area contributed by atoms with E-state index in [-0.39, 0.29) is 6.61 Å². The first-order chi connectivity index (χ1) is 11.3. The van der Waals surface area contributed by atoms with Crippen molar-refractivity contribution in [3.8, 4) is 0 Å². The maximum Gasteiger partial charge on any atom is 0.0882 e. The van der Waals surface area contributed by atoms with E-state index in [2.05, 4.69) is 26.3 Å². The number of nitrogens with zero attached hydrogens (tertiary/aromatic N) is 4. The molecule has 6 heteroatoms. The number of rotatable bonds is 5. The molecule has 0 radical (unpaired) electrons. The monoisotopic (exact) mass is 332 g/mol. The Morgan fingerprint density at radius 3 is 2.74 bits per heavy atom. The molecule has 0 aliphatic carbocycles. The van der Waals surface area contributed by atoms with Crippen LogP contribution in [0.3, 0.4) is 0 Å². The molecular formula is C17H24N4OS. The lowest BCUT2D eigenvalue weighted by Gasteiger charge is -2.26. The predicted molar refractivity (Wildman–Crippen MR) is 91.1 cm³/mol. The molecule has 0 amide bonds. The molecule has 0 spiro atoms. The topological polar surface area (TPSA) is 44.5 Å². The van der Waals surface area contributed by atoms with Gasteiger partial charge in [0.15, 0.2) is 0 Å². The molecule has 1 fully saturated rings. The summed E-state index contributed by atoms with van der Waals surface area (Å²) in [5.41, 5.74) is 3.47. The lowest BCUT2D eigenvalue weighted by Crippen LogP contribution is -2.33. The molecule has 0 unspecified atom stereocenters. The zero-order valence-corrected chi connectivity index (χ0v) is 14.3. The fraction of sp³-hybridized carbons (Fsp3) is 0.588. The van der Waals surface area contributed by atoms with Crippen molar-refractivity contribution in [2.24, 2.45) is 0 Å². The Kier molecular flexibility index (Phi) is 4.48. The Balaban J connectivity index is 1.36. The van der Waals surface area contributed by atoms with Crippen LogP contribution in [-0.2, 0) is 32.8 Å². The number of likely N-dealkylation sites (tertiary alicyclic amines) is 1. The molecule has 1 saturated heterocycles. The van der Waals surface area contributed by atoms with E-state index in [1.807, 2.05) is 22.1 Å². The van der Waals surface area contributed by atoms with Crippen LogP contribution < -0.4 is 0 Å². The summed E-state index contributed by atoms with van der Waals surface area (Å²) in [6.45, 7) is 7.55. The van der Waals surface area contributed by atoms with E-state index in [1.165, 1.54) is 42.1 Å². The van der Waals surface area contributed by atoms with Crippen molar-refractivity contribution >= 4 is 11.3 Å². The van der Waals surface area contributed by atoms with Gasteiger partial charge < -0.3 is 5.11 Å². The average Bonchev–Trinajstić information content (AvgIpc) is 3.28. The number of aliphatic hydroxyl groups excluding tert-OH is 1. The van der Waals surface area contributed by atoms with Gasteiger partial charge in [0, 0.05) is 31.1 Å². The van der Waals surface area contributed by atoms with Crippen LogP contribution in [0, 0.1) is 0 Å². The van der Waals surface area contributed by atoms with Crippen LogP contribution in [0.25, 0.3) is 0 Å². The lowest BCUT2D eigenvalue weighted by atomic mass is 10.2. The van der Waals surface area contributed by atoms with Crippen molar-refractivity contribution in [1.82, 2.24) is 19.6 Å². The van der Waals surface area contributed by atoms with Crippen molar-refractivity contribution in [3.63, 3.8) is 0 Å². The Bertz CT molecular complexity index is 659. The van der Waals surface area contributed by atoms with Gasteiger partial charge in [-0.25, -0.2) is 0 Å². The summed E-state index contributed by atoms with van der Waals surface area (Å²) >= 11 is 1.89. The molecule has 2 aliphatic heterocycles. The highest BCUT2D eigenvalue weighted by Gasteiger charge is 2.19. The van der Waals surface area contributed by atoms with Gasteiger partial charge in [0.2, 0.25) is 0 Å². The molecule has 4 rings (SSSR count). The number of fused-ring (bicyclic) bond motifs is 1. The third kappa shape index (κ3) is 3.50. The standard InChI is InChI=1S/C17H24N4OS/c22-12-15-8-16-10-20(5-6-21(16)18-15)11-17-7-14(13-23-17)9-19-3-1-2-4-19/h7-8,13,22H,1-6,9-12H2. The van der Waals surface area contributed by atoms with Gasteiger partial charge in [0.25, 0.3) is 0 Å². The lowest BCUT2D eigenvalue weighted by molar-refractivity contribution is 0.206. The van der Waals surface area contributed by atoms with E-state index in [1.54, 1.807) is 0 Å². The number of aromatic nitrogens is 2. The molecule has 2 aromatic heterocycles. The molecule has 2 aromatic rings. The SMILES string of the molecule is OCc1cc2n(n1)CCN(Cc1cc(CN3CCCC3)cs1)C2. The quantitative estimate of drug-likeness (QED) is 0.910. The summed E-state index contributed by atoms with van der Waals surface area (Å²) in [5.74, 6) is 0. The second-order valence-corrected chi connectivity index (χ2v) is 7.62. The third-order valence-electron chi connectivity index (χ3n) is 4.78. The first-order valence-electron chi connectivity index (χ1n) is 8.47. The van der Waals surface area contributed by atoms with E-state index in [0.29, 0.717) is 0 Å². The Hall–Kier alpha value is -1.21. The van der Waals surface area contributed by atoms with Crippen molar-refractivity contribution < 1.29 is 5.11 Å². The summed E-state index contributed by atoms with van der Waals surface area (Å²) in [7, 11) is 0. The average molecular weight is 332 g/mol. The molecule has 124 valence electrons. The third-order valence-corrected chi connectivity index (χ3v) is 5.75. The van der Waals surface area contributed by atoms with Crippen LogP contribution in [-0.4, -0.2) is 44.3 Å². The van der Waals surface area contributed by atoms with Crippen LogP contribution in [0.1, 0.15) is 34.7 Å². The Morgan fingerprint density at radius 2 is 1.91 bits per heavy atom. The van der Waals surface area contributed by atoms with Gasteiger partial charge in [-0.15, -0.1) is 11.3 Å². The van der Waals surface area contributed by atoms with Gasteiger partial charge in [-0.2, -0.15) is 5.10 Å². The second kappa shape index (κ2) is 6.73. The molecule has 0 aromatic carbocycles. The smallest absolute Gasteiger partial charge is 0.0882 e. The fourth-order valence-corrected chi connectivity index (χ4v) is 4.53. The highest BCUT2D eigenvalue weighted by Crippen LogP contribution is 2.22. The minimum absolute atomic E-state index is 0.0325. The fourth-order valence-electron chi connectivity index (χ4n) is 3.60. The maximum atomic E-state index is 9.22. The van der Waals surface area contributed by atoms with Crippen molar-refractivity contribution in [3.05, 3.63) is 39.3 Å². The van der Waals surface area contributed by atoms with E-state index in [9.17, 15) is 5.11 Å². The largest absolute Gasteiger partial charge is 0.390 e. The van der Waals surface area contributed by atoms with E-state index in [4.69, 9.17) is 0 Å². The zero-order chi connectivity index (χ0) is 15.6. The van der Waals surface area contributed by atoms with Gasteiger partial charge in [-0.3, -0.25) is 14.5 Å². The molecule has 2 aliphatic rings. The number of hydrogen-bond acceptors (Lipinski definition) is 5. The molecular weight excluding hydrogens is 308 g/mol. The number of hydrogen-bond donors (Lipinski definition) is 1. The number of aliphatic hydroxyl groups is 1. The van der Waals surface area contributed by atoms with Crippen LogP contribution in [0.5, 0.6) is 0 Å². The Morgan fingerprint density at radius 1 is 1.04 bits per heavy atom. The van der Waals surface area contributed by atoms with E-state index in [0.717, 1.165) is 38.4 Å². The predicted octanol–water partition coefficient (Wildman–Crippen LogP) is 2.05. The van der Waals surface area contributed by atoms with Crippen molar-refractivity contribution in [1.29, 1.82) is 0 Å². The molecule has 5 nitrogen and oxygen atoms in total. The van der Waals surface area contributed by atoms with Crippen LogP contribution in [0.2, 0.25) is 0 Å². The van der Waals surface area contributed by atoms with Crippen LogP contribution in [0.15, 0.2) is 17.5 Å². The summed E-state index contributed by atoms with van der Waals surface area (Å²) in [6, 6.07) is 4.41. The molecule has 0 atom stereocenters. The molecule has 0 bridgehead atoms. The Labute approximate surface area is 141 Å². The first kappa shape index (κ1) is 15.3. The normalized spacial score (nSPS) is 19.3. The second-order valence-electron chi connectivity index (χ2n) is 6.62. The minimum atomic E-state index is 0.0325. The van der Waals surface area contributed by atoms with Gasteiger partial charge in [0.1, 0.15) is 0 Å². The van der Waals surface area contributed by atoms with Gasteiger partial charge >= 0.3 is 0 Å². The van der Waals surface area contributed by atoms with Gasteiger partial charge in [-0.05, 0) is 49.0 Å². The van der Waals surface area contributed by atoms with Crippen molar-refractivity contribution in [2.45, 2.75) is 45.6 Å². The molecule has 1 N–H and O–H groups in total. The summed E-state index contributed by atoms with van der Waals surface area (Å²) in [5, 5.41) is 16.0. The van der Waals surface area contributed by atoms with E-state index >= 15 is 0 Å². The molecule has 0 saturated carbocycles. The molecule has 23 heavy (non-hydrogen) atoms. The van der Waals surface area contributed by atoms with Crippen molar-refractivity contribution in [2.75, 3.05) is 19.6 Å².